The zero-order valence-electron chi connectivity index (χ0n) is 13.9. The topological polar surface area (TPSA) is 65.4 Å². The van der Waals surface area contributed by atoms with E-state index in [-0.39, 0.29) is 0 Å². The molecule has 1 atom stereocenters. The average molecular weight is 332 g/mol. The van der Waals surface area contributed by atoms with Crippen LogP contribution in [0.2, 0.25) is 0 Å². The molecule has 25 heavy (non-hydrogen) atoms. The summed E-state index contributed by atoms with van der Waals surface area (Å²) in [6, 6.07) is 17.7. The van der Waals surface area contributed by atoms with Gasteiger partial charge in [-0.3, -0.25) is 4.99 Å². The van der Waals surface area contributed by atoms with Gasteiger partial charge in [0.25, 0.3) is 0 Å². The molecule has 3 aromatic rings. The van der Waals surface area contributed by atoms with Gasteiger partial charge < -0.3 is 10.1 Å². The summed E-state index contributed by atoms with van der Waals surface area (Å²) in [5.41, 5.74) is 5.35. The van der Waals surface area contributed by atoms with Gasteiger partial charge >= 0.3 is 5.97 Å². The molecule has 0 bridgehead atoms. The van der Waals surface area contributed by atoms with Gasteiger partial charge in [-0.05, 0) is 36.5 Å². The lowest BCUT2D eigenvalue weighted by atomic mass is 9.94. The Morgan fingerprint density at radius 2 is 1.84 bits per heavy atom. The number of aromatic nitrogens is 1. The largest absolute Gasteiger partial charge is 0.480 e. The first-order valence-electron chi connectivity index (χ1n) is 8.66. The van der Waals surface area contributed by atoms with E-state index in [1.165, 1.54) is 5.56 Å². The molecule has 4 nitrogen and oxygen atoms in total. The molecule has 1 aliphatic rings. The van der Waals surface area contributed by atoms with Gasteiger partial charge in [0.1, 0.15) is 0 Å². The second-order valence-corrected chi connectivity index (χ2v) is 6.50. The molecule has 0 amide bonds. The monoisotopic (exact) mass is 332 g/mol. The Morgan fingerprint density at radius 1 is 1.08 bits per heavy atom. The van der Waals surface area contributed by atoms with Crippen LogP contribution < -0.4 is 0 Å². The van der Waals surface area contributed by atoms with Crippen molar-refractivity contribution in [1.29, 1.82) is 0 Å². The molecule has 4 rings (SSSR count). The van der Waals surface area contributed by atoms with Crippen molar-refractivity contribution >= 4 is 22.6 Å². The third-order valence-corrected chi connectivity index (χ3v) is 4.82. The minimum absolute atomic E-state index is 0.455. The zero-order chi connectivity index (χ0) is 17.2. The summed E-state index contributed by atoms with van der Waals surface area (Å²) in [5.74, 6) is -0.850. The lowest BCUT2D eigenvalue weighted by Crippen LogP contribution is -2.27. The molecular weight excluding hydrogens is 312 g/mol. The molecule has 1 unspecified atom stereocenters. The van der Waals surface area contributed by atoms with E-state index in [4.69, 9.17) is 0 Å². The van der Waals surface area contributed by atoms with E-state index in [0.29, 0.717) is 6.42 Å². The Morgan fingerprint density at radius 3 is 2.64 bits per heavy atom. The van der Waals surface area contributed by atoms with Gasteiger partial charge in [0.05, 0.1) is 11.4 Å². The number of nitrogens with zero attached hydrogens (tertiary/aromatic N) is 1. The number of aliphatic imine (C=N–C) groups is 1. The Labute approximate surface area is 146 Å². The molecule has 1 aliphatic heterocycles. The maximum Gasteiger partial charge on any atom is 0.328 e. The highest BCUT2D eigenvalue weighted by molar-refractivity contribution is 6.07. The van der Waals surface area contributed by atoms with Crippen molar-refractivity contribution in [3.63, 3.8) is 0 Å². The summed E-state index contributed by atoms with van der Waals surface area (Å²) in [6.07, 6.45) is 3.15. The van der Waals surface area contributed by atoms with Crippen molar-refractivity contribution in [3.05, 3.63) is 71.4 Å². The van der Waals surface area contributed by atoms with E-state index >= 15 is 0 Å². The minimum Gasteiger partial charge on any atom is -0.480 e. The summed E-state index contributed by atoms with van der Waals surface area (Å²) in [4.78, 5) is 19.5. The quantitative estimate of drug-likeness (QED) is 0.742. The fraction of sp³-hybridized carbons (Fsp3) is 0.238. The fourth-order valence-corrected chi connectivity index (χ4v) is 3.59. The number of carboxylic acids is 1. The second kappa shape index (κ2) is 6.55. The summed E-state index contributed by atoms with van der Waals surface area (Å²) in [7, 11) is 0. The van der Waals surface area contributed by atoms with Crippen LogP contribution in [0.4, 0.5) is 0 Å². The van der Waals surface area contributed by atoms with Crippen LogP contribution in [0.3, 0.4) is 0 Å². The van der Waals surface area contributed by atoms with Gasteiger partial charge in [-0.2, -0.15) is 0 Å². The number of hydrogen-bond donors (Lipinski definition) is 2. The predicted octanol–water partition coefficient (Wildman–Crippen LogP) is 3.99. The van der Waals surface area contributed by atoms with Gasteiger partial charge in [0, 0.05) is 17.3 Å². The summed E-state index contributed by atoms with van der Waals surface area (Å²) in [6.45, 7) is 0. The number of para-hydroxylation sites is 1. The van der Waals surface area contributed by atoms with Gasteiger partial charge in [-0.1, -0.05) is 48.5 Å². The Balaban J connectivity index is 1.61. The molecular formula is C21H20N2O2. The highest BCUT2D eigenvalue weighted by Crippen LogP contribution is 2.29. The molecule has 0 spiro atoms. The Bertz CT molecular complexity index is 941. The summed E-state index contributed by atoms with van der Waals surface area (Å²) >= 11 is 0. The number of aliphatic carboxylic acids is 1. The van der Waals surface area contributed by atoms with Crippen LogP contribution in [-0.2, 0) is 17.6 Å². The molecule has 2 heterocycles. The molecule has 126 valence electrons. The molecule has 0 radical (unpaired) electrons. The number of aromatic amines is 1. The fourth-order valence-electron chi connectivity index (χ4n) is 3.59. The highest BCUT2D eigenvalue weighted by atomic mass is 16.4. The van der Waals surface area contributed by atoms with Gasteiger partial charge in [-0.25, -0.2) is 4.79 Å². The first-order chi connectivity index (χ1) is 12.2. The second-order valence-electron chi connectivity index (χ2n) is 6.50. The molecule has 0 saturated heterocycles. The average Bonchev–Trinajstić information content (AvgIpc) is 3.01. The number of nitrogens with one attached hydrogen (secondary N) is 1. The first-order valence-corrected chi connectivity index (χ1v) is 8.66. The predicted molar refractivity (Wildman–Crippen MR) is 99.3 cm³/mol. The van der Waals surface area contributed by atoms with Gasteiger partial charge in [-0.15, -0.1) is 0 Å². The van der Waals surface area contributed by atoms with E-state index in [9.17, 15) is 9.90 Å². The smallest absolute Gasteiger partial charge is 0.328 e. The standard InChI is InChI=1S/C21H20N2O2/c24-21(25)19-13-16-15-10-4-5-11-17(15)23-20(16)18(22-19)12-6-9-14-7-2-1-3-8-14/h1-5,7-8,10-11,19,23H,6,9,12-13H2,(H,24,25). The lowest BCUT2D eigenvalue weighted by molar-refractivity contribution is -0.138. The van der Waals surface area contributed by atoms with E-state index in [2.05, 4.69) is 28.2 Å². The van der Waals surface area contributed by atoms with Crippen molar-refractivity contribution in [3.8, 4) is 0 Å². The number of rotatable bonds is 5. The van der Waals surface area contributed by atoms with Crippen molar-refractivity contribution in [2.75, 3.05) is 0 Å². The van der Waals surface area contributed by atoms with Crippen LogP contribution in [0.15, 0.2) is 59.6 Å². The maximum atomic E-state index is 11.5. The maximum absolute atomic E-state index is 11.5. The molecule has 0 fully saturated rings. The van der Waals surface area contributed by atoms with Crippen molar-refractivity contribution < 1.29 is 9.90 Å². The van der Waals surface area contributed by atoms with E-state index in [0.717, 1.165) is 47.1 Å². The van der Waals surface area contributed by atoms with Crippen LogP contribution in [0.25, 0.3) is 10.9 Å². The molecule has 0 saturated carbocycles. The number of carbonyl (C=O) groups is 1. The van der Waals surface area contributed by atoms with Crippen molar-refractivity contribution in [1.82, 2.24) is 4.98 Å². The number of aryl methyl sites for hydroxylation is 1. The number of carboxylic acid groups (broad SMARTS) is 1. The van der Waals surface area contributed by atoms with E-state index < -0.39 is 12.0 Å². The van der Waals surface area contributed by atoms with Crippen LogP contribution in [-0.4, -0.2) is 27.8 Å². The molecule has 1 aromatic heterocycles. The molecule has 2 aromatic carbocycles. The molecule has 0 aliphatic carbocycles. The lowest BCUT2D eigenvalue weighted by Gasteiger charge is -2.18. The summed E-state index contributed by atoms with van der Waals surface area (Å²) < 4.78 is 0. The zero-order valence-corrected chi connectivity index (χ0v) is 13.9. The third-order valence-electron chi connectivity index (χ3n) is 4.82. The van der Waals surface area contributed by atoms with E-state index in [1.54, 1.807) is 0 Å². The molecule has 2 N–H and O–H groups in total. The minimum atomic E-state index is -0.850. The number of benzene rings is 2. The normalized spacial score (nSPS) is 16.5. The van der Waals surface area contributed by atoms with Crippen molar-refractivity contribution in [2.45, 2.75) is 31.7 Å². The SMILES string of the molecule is O=C(O)C1Cc2c([nH]c3ccccc23)C(CCCc2ccccc2)=N1. The van der Waals surface area contributed by atoms with Crippen LogP contribution in [0, 0.1) is 0 Å². The number of H-pyrrole nitrogens is 1. The van der Waals surface area contributed by atoms with Crippen LogP contribution in [0.1, 0.15) is 29.7 Å². The van der Waals surface area contributed by atoms with Gasteiger partial charge in [0.15, 0.2) is 6.04 Å². The third kappa shape index (κ3) is 3.07. The van der Waals surface area contributed by atoms with Crippen LogP contribution in [0.5, 0.6) is 0 Å². The Hall–Kier alpha value is -2.88. The van der Waals surface area contributed by atoms with E-state index in [1.807, 2.05) is 36.4 Å². The highest BCUT2D eigenvalue weighted by Gasteiger charge is 2.28. The number of fused-ring (bicyclic) bond motifs is 3. The first kappa shape index (κ1) is 15.6. The molecule has 4 heteroatoms. The van der Waals surface area contributed by atoms with Crippen molar-refractivity contribution in [2.24, 2.45) is 4.99 Å². The summed E-state index contributed by atoms with van der Waals surface area (Å²) in [5, 5.41) is 10.6. The van der Waals surface area contributed by atoms with Gasteiger partial charge in [0.2, 0.25) is 0 Å². The Kier molecular flexibility index (Phi) is 4.10. The van der Waals surface area contributed by atoms with Crippen LogP contribution >= 0.6 is 0 Å². The number of hydrogen-bond acceptors (Lipinski definition) is 2.